The van der Waals surface area contributed by atoms with Gasteiger partial charge in [0.25, 0.3) is 0 Å². The predicted molar refractivity (Wildman–Crippen MR) is 106 cm³/mol. The summed E-state index contributed by atoms with van der Waals surface area (Å²) in [6, 6.07) is 8.32. The van der Waals surface area contributed by atoms with Gasteiger partial charge in [-0.1, -0.05) is 12.1 Å². The van der Waals surface area contributed by atoms with Gasteiger partial charge in [-0.15, -0.1) is 0 Å². The standard InChI is InChI=1S/C22H30N2O4/c1-22(2,3)28-19-6-4-15(5-7-19)17-12-24(13-17)21(26)23-9-8-20-16(11-23)10-18(25)14-27-20/h4-7,16-17,20H,8-14H2,1-3H3/t16-,20+/m1/s1. The number of nitrogens with zero attached hydrogens (tertiary/aromatic N) is 2. The van der Waals surface area contributed by atoms with E-state index >= 15 is 0 Å². The van der Waals surface area contributed by atoms with E-state index in [2.05, 4.69) is 12.1 Å². The fraction of sp³-hybridized carbons (Fsp3) is 0.636. The van der Waals surface area contributed by atoms with E-state index in [1.54, 1.807) is 0 Å². The minimum atomic E-state index is -0.206. The summed E-state index contributed by atoms with van der Waals surface area (Å²) in [6.07, 6.45) is 1.51. The van der Waals surface area contributed by atoms with Crippen LogP contribution in [0.3, 0.4) is 0 Å². The van der Waals surface area contributed by atoms with Crippen LogP contribution in [0.15, 0.2) is 24.3 Å². The molecule has 28 heavy (non-hydrogen) atoms. The number of ketones is 1. The normalized spacial score (nSPS) is 25.9. The number of hydrogen-bond acceptors (Lipinski definition) is 4. The molecule has 0 radical (unpaired) electrons. The second-order valence-electron chi connectivity index (χ2n) is 9.25. The third-order valence-electron chi connectivity index (χ3n) is 5.81. The fourth-order valence-corrected chi connectivity index (χ4v) is 4.36. The second-order valence-corrected chi connectivity index (χ2v) is 9.25. The Bertz CT molecular complexity index is 734. The van der Waals surface area contributed by atoms with Gasteiger partial charge in [0.2, 0.25) is 0 Å². The van der Waals surface area contributed by atoms with E-state index in [1.165, 1.54) is 5.56 Å². The van der Waals surface area contributed by atoms with Crippen LogP contribution in [0.25, 0.3) is 0 Å². The molecule has 0 N–H and O–H groups in total. The van der Waals surface area contributed by atoms with Crippen molar-refractivity contribution in [3.05, 3.63) is 29.8 Å². The highest BCUT2D eigenvalue weighted by Crippen LogP contribution is 2.32. The van der Waals surface area contributed by atoms with Crippen molar-refractivity contribution in [3.8, 4) is 5.75 Å². The number of Topliss-reactive ketones (excluding diaryl/α,β-unsaturated/α-hetero) is 1. The number of carbonyl (C=O) groups excluding carboxylic acids is 2. The first kappa shape index (κ1) is 19.2. The molecule has 1 aromatic rings. The summed E-state index contributed by atoms with van der Waals surface area (Å²) < 4.78 is 11.5. The molecule has 152 valence electrons. The maximum atomic E-state index is 12.8. The van der Waals surface area contributed by atoms with Gasteiger partial charge in [0.1, 0.15) is 18.0 Å². The minimum Gasteiger partial charge on any atom is -0.488 e. The number of hydrogen-bond donors (Lipinski definition) is 0. The van der Waals surface area contributed by atoms with Gasteiger partial charge in [-0.05, 0) is 44.9 Å². The maximum absolute atomic E-state index is 12.8. The molecule has 1 aromatic carbocycles. The van der Waals surface area contributed by atoms with Gasteiger partial charge in [0.05, 0.1) is 6.10 Å². The molecule has 3 aliphatic rings. The lowest BCUT2D eigenvalue weighted by Gasteiger charge is -2.46. The Morgan fingerprint density at radius 2 is 1.82 bits per heavy atom. The van der Waals surface area contributed by atoms with Crippen LogP contribution in [-0.4, -0.2) is 66.1 Å². The number of piperidine rings is 1. The molecule has 0 aromatic heterocycles. The van der Waals surface area contributed by atoms with Crippen molar-refractivity contribution in [3.63, 3.8) is 0 Å². The number of fused-ring (bicyclic) bond motifs is 1. The molecule has 6 nitrogen and oxygen atoms in total. The summed E-state index contributed by atoms with van der Waals surface area (Å²) in [4.78, 5) is 28.3. The topological polar surface area (TPSA) is 59.1 Å². The predicted octanol–water partition coefficient (Wildman–Crippen LogP) is 3.06. The average Bonchev–Trinajstić information content (AvgIpc) is 2.60. The molecule has 3 heterocycles. The van der Waals surface area contributed by atoms with Crippen molar-refractivity contribution in [1.29, 1.82) is 0 Å². The smallest absolute Gasteiger partial charge is 0.320 e. The van der Waals surface area contributed by atoms with Crippen LogP contribution in [-0.2, 0) is 9.53 Å². The van der Waals surface area contributed by atoms with Crippen LogP contribution in [0.2, 0.25) is 0 Å². The molecular weight excluding hydrogens is 356 g/mol. The average molecular weight is 386 g/mol. The third-order valence-corrected chi connectivity index (χ3v) is 5.81. The van der Waals surface area contributed by atoms with E-state index < -0.39 is 0 Å². The summed E-state index contributed by atoms with van der Waals surface area (Å²) in [5.41, 5.74) is 1.04. The van der Waals surface area contributed by atoms with E-state index in [-0.39, 0.29) is 36.0 Å². The monoisotopic (exact) mass is 386 g/mol. The summed E-state index contributed by atoms with van der Waals surface area (Å²) in [7, 11) is 0. The van der Waals surface area contributed by atoms with Crippen LogP contribution < -0.4 is 4.74 Å². The molecule has 0 bridgehead atoms. The number of amides is 2. The number of urea groups is 1. The first-order chi connectivity index (χ1) is 13.3. The molecule has 2 amide bonds. The first-order valence-electron chi connectivity index (χ1n) is 10.2. The molecule has 3 fully saturated rings. The van der Waals surface area contributed by atoms with Crippen molar-refractivity contribution in [1.82, 2.24) is 9.80 Å². The lowest BCUT2D eigenvalue weighted by Crippen LogP contribution is -2.58. The highest BCUT2D eigenvalue weighted by atomic mass is 16.5. The van der Waals surface area contributed by atoms with Crippen molar-refractivity contribution in [2.75, 3.05) is 32.8 Å². The zero-order chi connectivity index (χ0) is 19.9. The largest absolute Gasteiger partial charge is 0.488 e. The minimum absolute atomic E-state index is 0.0976. The molecule has 0 saturated carbocycles. The van der Waals surface area contributed by atoms with Gasteiger partial charge in [0, 0.05) is 44.4 Å². The van der Waals surface area contributed by atoms with Gasteiger partial charge in [-0.3, -0.25) is 4.79 Å². The second kappa shape index (κ2) is 7.39. The molecule has 2 atom stereocenters. The number of likely N-dealkylation sites (tertiary alicyclic amines) is 2. The van der Waals surface area contributed by atoms with E-state index in [9.17, 15) is 9.59 Å². The van der Waals surface area contributed by atoms with Gasteiger partial charge in [-0.2, -0.15) is 0 Å². The Kier molecular flexibility index (Phi) is 5.08. The Morgan fingerprint density at radius 1 is 1.11 bits per heavy atom. The SMILES string of the molecule is CC(C)(C)Oc1ccc(C2CN(C(=O)N3CC[C@@H]4OCC(=O)C[C@@H]4C3)C2)cc1. The van der Waals surface area contributed by atoms with Crippen LogP contribution >= 0.6 is 0 Å². The summed E-state index contributed by atoms with van der Waals surface area (Å²) in [5.74, 6) is 1.56. The van der Waals surface area contributed by atoms with Crippen molar-refractivity contribution >= 4 is 11.8 Å². The van der Waals surface area contributed by atoms with Crippen LogP contribution in [0, 0.1) is 5.92 Å². The Balaban J connectivity index is 1.29. The fourth-order valence-electron chi connectivity index (χ4n) is 4.36. The third kappa shape index (κ3) is 4.17. The molecule has 4 rings (SSSR count). The number of benzene rings is 1. The van der Waals surface area contributed by atoms with E-state index in [1.807, 2.05) is 42.7 Å². The van der Waals surface area contributed by atoms with Crippen LogP contribution in [0.4, 0.5) is 4.79 Å². The Labute approximate surface area is 166 Å². The van der Waals surface area contributed by atoms with Crippen molar-refractivity contribution in [2.24, 2.45) is 5.92 Å². The quantitative estimate of drug-likeness (QED) is 0.784. The van der Waals surface area contributed by atoms with Crippen LogP contribution in [0.1, 0.15) is 45.1 Å². The van der Waals surface area contributed by atoms with Gasteiger partial charge >= 0.3 is 6.03 Å². The summed E-state index contributed by atoms with van der Waals surface area (Å²) in [6.45, 7) is 9.19. The lowest BCUT2D eigenvalue weighted by atomic mass is 9.87. The highest BCUT2D eigenvalue weighted by molar-refractivity contribution is 5.81. The van der Waals surface area contributed by atoms with Crippen LogP contribution in [0.5, 0.6) is 5.75 Å². The Hall–Kier alpha value is -2.08. The van der Waals surface area contributed by atoms with Gasteiger partial charge in [0.15, 0.2) is 5.78 Å². The molecule has 3 aliphatic heterocycles. The summed E-state index contributed by atoms with van der Waals surface area (Å²) >= 11 is 0. The number of carbonyl (C=O) groups is 2. The molecule has 0 aliphatic carbocycles. The molecule has 0 spiro atoms. The van der Waals surface area contributed by atoms with Gasteiger partial charge in [-0.25, -0.2) is 4.79 Å². The van der Waals surface area contributed by atoms with Crippen molar-refractivity contribution in [2.45, 2.75) is 51.2 Å². The zero-order valence-electron chi connectivity index (χ0n) is 17.0. The summed E-state index contributed by atoms with van der Waals surface area (Å²) in [5, 5.41) is 0. The zero-order valence-corrected chi connectivity index (χ0v) is 17.0. The number of ether oxygens (including phenoxy) is 2. The molecule has 3 saturated heterocycles. The molecule has 0 unspecified atom stereocenters. The van der Waals surface area contributed by atoms with E-state index in [0.29, 0.717) is 25.4 Å². The van der Waals surface area contributed by atoms with Crippen molar-refractivity contribution < 1.29 is 19.1 Å². The highest BCUT2D eigenvalue weighted by Gasteiger charge is 2.40. The molecular formula is C22H30N2O4. The maximum Gasteiger partial charge on any atom is 0.320 e. The molecule has 6 heteroatoms. The number of rotatable bonds is 2. The van der Waals surface area contributed by atoms with E-state index in [4.69, 9.17) is 9.47 Å². The Morgan fingerprint density at radius 3 is 2.50 bits per heavy atom. The van der Waals surface area contributed by atoms with Gasteiger partial charge < -0.3 is 19.3 Å². The first-order valence-corrected chi connectivity index (χ1v) is 10.2. The van der Waals surface area contributed by atoms with E-state index in [0.717, 1.165) is 25.3 Å². The lowest BCUT2D eigenvalue weighted by molar-refractivity contribution is -0.140.